The zero-order valence-corrected chi connectivity index (χ0v) is 14.9. The number of para-hydroxylation sites is 1. The first kappa shape index (κ1) is 17.7. The number of hydrogen-bond acceptors (Lipinski definition) is 4. The van der Waals surface area contributed by atoms with Crippen LogP contribution in [0.25, 0.3) is 10.9 Å². The monoisotopic (exact) mass is 351 g/mol. The molecule has 134 valence electrons. The van der Waals surface area contributed by atoms with Crippen molar-refractivity contribution in [2.45, 2.75) is 13.5 Å². The number of benzene rings is 2. The molecule has 3 aromatic rings. The van der Waals surface area contributed by atoms with Crippen molar-refractivity contribution in [1.29, 1.82) is 0 Å². The number of aryl methyl sites for hydroxylation is 1. The lowest BCUT2D eigenvalue weighted by Gasteiger charge is -2.21. The Morgan fingerprint density at radius 2 is 1.77 bits per heavy atom. The molecule has 0 aliphatic rings. The molecule has 1 aromatic heterocycles. The van der Waals surface area contributed by atoms with Crippen molar-refractivity contribution < 1.29 is 14.3 Å². The summed E-state index contributed by atoms with van der Waals surface area (Å²) in [5.41, 5.74) is 2.14. The average molecular weight is 351 g/mol. The van der Waals surface area contributed by atoms with E-state index in [1.54, 1.807) is 18.7 Å². The molecular formula is C20H21N3O3. The van der Waals surface area contributed by atoms with Crippen LogP contribution in [-0.4, -0.2) is 39.7 Å². The van der Waals surface area contributed by atoms with Gasteiger partial charge in [0.05, 0.1) is 12.1 Å². The van der Waals surface area contributed by atoms with Crippen LogP contribution < -0.4 is 0 Å². The van der Waals surface area contributed by atoms with Crippen molar-refractivity contribution >= 4 is 22.8 Å². The summed E-state index contributed by atoms with van der Waals surface area (Å²) >= 11 is 0. The maximum absolute atomic E-state index is 13.2. The molecule has 0 fully saturated rings. The minimum atomic E-state index is -0.433. The smallest absolute Gasteiger partial charge is 0.325 e. The van der Waals surface area contributed by atoms with Crippen LogP contribution in [0.5, 0.6) is 0 Å². The van der Waals surface area contributed by atoms with Gasteiger partial charge in [0.15, 0.2) is 5.69 Å². The maximum Gasteiger partial charge on any atom is 0.325 e. The zero-order chi connectivity index (χ0) is 18.5. The van der Waals surface area contributed by atoms with E-state index in [0.29, 0.717) is 12.2 Å². The summed E-state index contributed by atoms with van der Waals surface area (Å²) in [7, 11) is 1.80. The summed E-state index contributed by atoms with van der Waals surface area (Å²) in [5, 5.41) is 5.14. The molecular weight excluding hydrogens is 330 g/mol. The van der Waals surface area contributed by atoms with E-state index in [2.05, 4.69) is 5.10 Å². The van der Waals surface area contributed by atoms with Crippen LogP contribution in [0.3, 0.4) is 0 Å². The molecule has 1 heterocycles. The third kappa shape index (κ3) is 3.74. The minimum Gasteiger partial charge on any atom is -0.465 e. The van der Waals surface area contributed by atoms with Crippen molar-refractivity contribution in [3.05, 3.63) is 65.9 Å². The Hall–Kier alpha value is -3.15. The van der Waals surface area contributed by atoms with Gasteiger partial charge in [0.1, 0.15) is 6.54 Å². The van der Waals surface area contributed by atoms with Gasteiger partial charge in [-0.1, -0.05) is 48.5 Å². The predicted molar refractivity (Wildman–Crippen MR) is 98.5 cm³/mol. The molecule has 0 saturated carbocycles. The SMILES string of the molecule is CCOC(=O)CN(Cc1ccccc1)C(=O)c1nn(C)c2ccccc12. The first-order chi connectivity index (χ1) is 12.6. The average Bonchev–Trinajstić information content (AvgIpc) is 2.99. The van der Waals surface area contributed by atoms with Crippen LogP contribution in [0.15, 0.2) is 54.6 Å². The van der Waals surface area contributed by atoms with Crippen molar-refractivity contribution in [2.75, 3.05) is 13.2 Å². The predicted octanol–water partition coefficient (Wildman–Crippen LogP) is 2.78. The lowest BCUT2D eigenvalue weighted by atomic mass is 10.1. The highest BCUT2D eigenvalue weighted by atomic mass is 16.5. The molecule has 0 atom stereocenters. The molecule has 3 rings (SSSR count). The fraction of sp³-hybridized carbons (Fsp3) is 0.250. The van der Waals surface area contributed by atoms with Gasteiger partial charge in [0.2, 0.25) is 0 Å². The van der Waals surface area contributed by atoms with Crippen molar-refractivity contribution in [1.82, 2.24) is 14.7 Å². The third-order valence-electron chi connectivity index (χ3n) is 4.09. The second kappa shape index (κ2) is 7.82. The second-order valence-corrected chi connectivity index (χ2v) is 5.94. The zero-order valence-electron chi connectivity index (χ0n) is 14.9. The summed E-state index contributed by atoms with van der Waals surface area (Å²) in [4.78, 5) is 26.6. The Morgan fingerprint density at radius 1 is 1.08 bits per heavy atom. The summed E-state index contributed by atoms with van der Waals surface area (Å²) in [5.74, 6) is -0.726. The Morgan fingerprint density at radius 3 is 2.50 bits per heavy atom. The number of esters is 1. The molecule has 1 amide bonds. The van der Waals surface area contributed by atoms with Gasteiger partial charge in [-0.2, -0.15) is 5.10 Å². The van der Waals surface area contributed by atoms with Crippen LogP contribution in [-0.2, 0) is 23.1 Å². The number of carbonyl (C=O) groups is 2. The van der Waals surface area contributed by atoms with Gasteiger partial charge in [0.25, 0.3) is 5.91 Å². The van der Waals surface area contributed by atoms with E-state index in [0.717, 1.165) is 16.5 Å². The lowest BCUT2D eigenvalue weighted by Crippen LogP contribution is -2.36. The van der Waals surface area contributed by atoms with E-state index in [9.17, 15) is 9.59 Å². The van der Waals surface area contributed by atoms with Crippen LogP contribution in [0.4, 0.5) is 0 Å². The second-order valence-electron chi connectivity index (χ2n) is 5.94. The van der Waals surface area contributed by atoms with Gasteiger partial charge < -0.3 is 9.64 Å². The highest BCUT2D eigenvalue weighted by Gasteiger charge is 2.24. The van der Waals surface area contributed by atoms with Gasteiger partial charge in [-0.05, 0) is 18.6 Å². The molecule has 2 aromatic carbocycles. The summed E-state index contributed by atoms with van der Waals surface area (Å²) in [6.45, 7) is 2.21. The molecule has 0 saturated heterocycles. The standard InChI is InChI=1S/C20H21N3O3/c1-3-26-18(24)14-23(13-15-9-5-4-6-10-15)20(25)19-16-11-7-8-12-17(16)22(2)21-19/h4-12H,3,13-14H2,1-2H3. The minimum absolute atomic E-state index is 0.119. The van der Waals surface area contributed by atoms with E-state index in [-0.39, 0.29) is 19.1 Å². The van der Waals surface area contributed by atoms with Crippen molar-refractivity contribution in [3.63, 3.8) is 0 Å². The van der Waals surface area contributed by atoms with Gasteiger partial charge in [-0.15, -0.1) is 0 Å². The molecule has 0 aliphatic heterocycles. The Kier molecular flexibility index (Phi) is 5.31. The highest BCUT2D eigenvalue weighted by molar-refractivity contribution is 6.05. The molecule has 0 spiro atoms. The number of carbonyl (C=O) groups excluding carboxylic acids is 2. The number of fused-ring (bicyclic) bond motifs is 1. The molecule has 6 nitrogen and oxygen atoms in total. The molecule has 0 unspecified atom stereocenters. The van der Waals surface area contributed by atoms with E-state index in [1.807, 2.05) is 54.6 Å². The summed E-state index contributed by atoms with van der Waals surface area (Å²) in [6.07, 6.45) is 0. The number of hydrogen-bond donors (Lipinski definition) is 0. The van der Waals surface area contributed by atoms with Crippen molar-refractivity contribution in [3.8, 4) is 0 Å². The lowest BCUT2D eigenvalue weighted by molar-refractivity contribution is -0.143. The number of rotatable bonds is 6. The molecule has 26 heavy (non-hydrogen) atoms. The van der Waals surface area contributed by atoms with Crippen LogP contribution >= 0.6 is 0 Å². The first-order valence-electron chi connectivity index (χ1n) is 8.50. The van der Waals surface area contributed by atoms with Crippen LogP contribution in [0.1, 0.15) is 23.0 Å². The Bertz CT molecular complexity index is 918. The fourth-order valence-corrected chi connectivity index (χ4v) is 2.89. The van der Waals surface area contributed by atoms with Gasteiger partial charge in [-0.3, -0.25) is 14.3 Å². The summed E-state index contributed by atoms with van der Waals surface area (Å²) in [6, 6.07) is 17.1. The highest BCUT2D eigenvalue weighted by Crippen LogP contribution is 2.20. The molecule has 0 aliphatic carbocycles. The number of nitrogens with zero attached hydrogens (tertiary/aromatic N) is 3. The Labute approximate surface area is 152 Å². The van der Waals surface area contributed by atoms with Crippen LogP contribution in [0, 0.1) is 0 Å². The topological polar surface area (TPSA) is 64.4 Å². The fourth-order valence-electron chi connectivity index (χ4n) is 2.89. The molecule has 0 bridgehead atoms. The maximum atomic E-state index is 13.2. The Balaban J connectivity index is 1.94. The number of amides is 1. The molecule has 0 radical (unpaired) electrons. The summed E-state index contributed by atoms with van der Waals surface area (Å²) < 4.78 is 6.70. The number of aromatic nitrogens is 2. The van der Waals surface area contributed by atoms with E-state index in [4.69, 9.17) is 4.74 Å². The molecule has 0 N–H and O–H groups in total. The molecule has 6 heteroatoms. The largest absolute Gasteiger partial charge is 0.465 e. The first-order valence-corrected chi connectivity index (χ1v) is 8.50. The van der Waals surface area contributed by atoms with Gasteiger partial charge >= 0.3 is 5.97 Å². The quantitative estimate of drug-likeness (QED) is 0.641. The van der Waals surface area contributed by atoms with Gasteiger partial charge in [-0.25, -0.2) is 0 Å². The van der Waals surface area contributed by atoms with E-state index < -0.39 is 5.97 Å². The van der Waals surface area contributed by atoms with Crippen molar-refractivity contribution in [2.24, 2.45) is 7.05 Å². The third-order valence-corrected chi connectivity index (χ3v) is 4.09. The normalized spacial score (nSPS) is 10.7. The van der Waals surface area contributed by atoms with Crippen LogP contribution in [0.2, 0.25) is 0 Å². The number of ether oxygens (including phenoxy) is 1. The van der Waals surface area contributed by atoms with Gasteiger partial charge in [0, 0.05) is 19.0 Å². The van der Waals surface area contributed by atoms with E-state index >= 15 is 0 Å². The van der Waals surface area contributed by atoms with E-state index in [1.165, 1.54) is 4.90 Å².